The quantitative estimate of drug-likeness (QED) is 0.649. The van der Waals surface area contributed by atoms with Crippen molar-refractivity contribution < 1.29 is 14.3 Å². The lowest BCUT2D eigenvalue weighted by molar-refractivity contribution is 0.0900. The zero-order valence-electron chi connectivity index (χ0n) is 16.1. The van der Waals surface area contributed by atoms with Crippen molar-refractivity contribution in [2.24, 2.45) is 0 Å². The molecule has 1 aliphatic rings. The fraction of sp³-hybridized carbons (Fsp3) is 0.238. The Morgan fingerprint density at radius 1 is 1.14 bits per heavy atom. The number of nitrogens with one attached hydrogen (secondary N) is 2. The van der Waals surface area contributed by atoms with E-state index in [2.05, 4.69) is 15.7 Å². The molecule has 0 spiro atoms. The lowest BCUT2D eigenvalue weighted by Crippen LogP contribution is -2.45. The average Bonchev–Trinajstić information content (AvgIpc) is 3.20. The number of hydrogen-bond donors (Lipinski definition) is 2. The summed E-state index contributed by atoms with van der Waals surface area (Å²) in [6.45, 7) is 1.03. The molecule has 0 unspecified atom stereocenters. The Hall–Kier alpha value is -3.03. The fourth-order valence-electron chi connectivity index (χ4n) is 3.31. The van der Waals surface area contributed by atoms with Crippen molar-refractivity contribution in [1.82, 2.24) is 20.4 Å². The third-order valence-corrected chi connectivity index (χ3v) is 5.10. The Morgan fingerprint density at radius 2 is 1.90 bits per heavy atom. The smallest absolute Gasteiger partial charge is 0.269 e. The second-order valence-corrected chi connectivity index (χ2v) is 7.10. The predicted octanol–water partition coefficient (Wildman–Crippen LogP) is 3.25. The van der Waals surface area contributed by atoms with Crippen LogP contribution in [0.15, 0.2) is 48.5 Å². The first-order valence-corrected chi connectivity index (χ1v) is 9.55. The number of halogens is 1. The van der Waals surface area contributed by atoms with Gasteiger partial charge in [-0.3, -0.25) is 10.1 Å². The minimum atomic E-state index is -0.170. The highest BCUT2D eigenvalue weighted by atomic mass is 35.5. The number of carbonyl (C=O) groups is 1. The van der Waals surface area contributed by atoms with Gasteiger partial charge < -0.3 is 14.8 Å². The van der Waals surface area contributed by atoms with Gasteiger partial charge in [0.25, 0.3) is 5.91 Å². The van der Waals surface area contributed by atoms with Crippen LogP contribution in [0.4, 0.5) is 0 Å². The summed E-state index contributed by atoms with van der Waals surface area (Å²) in [6, 6.07) is 15.0. The molecule has 0 aliphatic carbocycles. The van der Waals surface area contributed by atoms with Crippen molar-refractivity contribution in [2.45, 2.75) is 12.7 Å². The maximum absolute atomic E-state index is 12.3. The van der Waals surface area contributed by atoms with E-state index in [1.807, 2.05) is 42.5 Å². The molecule has 0 saturated heterocycles. The van der Waals surface area contributed by atoms with Crippen molar-refractivity contribution in [2.75, 3.05) is 20.8 Å². The standard InChI is InChI=1S/C21H21ClN4O3/c1-28-18-8-3-13(9-19(18)29-2)11-23-20-12-24-21(27)17-10-16(25-26(17)20)14-4-6-15(22)7-5-14/h3-10,20,23H,11-12H2,1-2H3,(H,24,27)/t20-/m0/s1. The molecule has 8 heteroatoms. The van der Waals surface area contributed by atoms with Gasteiger partial charge in [-0.1, -0.05) is 29.8 Å². The first-order valence-electron chi connectivity index (χ1n) is 9.17. The van der Waals surface area contributed by atoms with E-state index in [0.717, 1.165) is 16.8 Å². The maximum atomic E-state index is 12.3. The average molecular weight is 413 g/mol. The number of rotatable bonds is 6. The van der Waals surface area contributed by atoms with Gasteiger partial charge in [-0.05, 0) is 35.9 Å². The first kappa shape index (κ1) is 19.3. The van der Waals surface area contributed by atoms with Crippen molar-refractivity contribution in [3.8, 4) is 22.8 Å². The van der Waals surface area contributed by atoms with Gasteiger partial charge in [0.1, 0.15) is 11.9 Å². The van der Waals surface area contributed by atoms with Gasteiger partial charge in [0.05, 0.1) is 26.5 Å². The molecule has 1 aromatic heterocycles. The second kappa shape index (κ2) is 8.14. The molecule has 1 amide bonds. The summed E-state index contributed by atoms with van der Waals surface area (Å²) >= 11 is 5.97. The predicted molar refractivity (Wildman–Crippen MR) is 110 cm³/mol. The number of methoxy groups -OCH3 is 2. The summed E-state index contributed by atoms with van der Waals surface area (Å²) in [5.74, 6) is 1.22. The number of ether oxygens (including phenoxy) is 2. The Kier molecular flexibility index (Phi) is 5.42. The van der Waals surface area contributed by atoms with Crippen molar-refractivity contribution in [3.05, 3.63) is 64.8 Å². The zero-order valence-corrected chi connectivity index (χ0v) is 16.9. The first-order chi connectivity index (χ1) is 14.1. The fourth-order valence-corrected chi connectivity index (χ4v) is 3.44. The van der Waals surface area contributed by atoms with Gasteiger partial charge in [-0.15, -0.1) is 0 Å². The molecule has 2 N–H and O–H groups in total. The Labute approximate surface area is 173 Å². The topological polar surface area (TPSA) is 77.4 Å². The highest BCUT2D eigenvalue weighted by Crippen LogP contribution is 2.28. The van der Waals surface area contributed by atoms with E-state index in [-0.39, 0.29) is 12.1 Å². The highest BCUT2D eigenvalue weighted by Gasteiger charge is 2.27. The van der Waals surface area contributed by atoms with Crippen LogP contribution < -0.4 is 20.1 Å². The SMILES string of the molecule is COc1ccc(CN[C@@H]2CNC(=O)c3cc(-c4ccc(Cl)cc4)nn32)cc1OC. The molecule has 0 saturated carbocycles. The van der Waals surface area contributed by atoms with E-state index in [4.69, 9.17) is 21.1 Å². The number of fused-ring (bicyclic) bond motifs is 1. The molecule has 2 heterocycles. The van der Waals surface area contributed by atoms with E-state index >= 15 is 0 Å². The lowest BCUT2D eigenvalue weighted by atomic mass is 10.1. The van der Waals surface area contributed by atoms with Crippen LogP contribution in [-0.4, -0.2) is 36.5 Å². The number of aromatic nitrogens is 2. The number of carbonyl (C=O) groups excluding carboxylic acids is 1. The molecule has 1 atom stereocenters. The summed E-state index contributed by atoms with van der Waals surface area (Å²) in [5, 5.41) is 11.7. The number of benzene rings is 2. The van der Waals surface area contributed by atoms with E-state index < -0.39 is 0 Å². The van der Waals surface area contributed by atoms with Crippen LogP contribution in [0.5, 0.6) is 11.5 Å². The van der Waals surface area contributed by atoms with Crippen LogP contribution in [-0.2, 0) is 6.54 Å². The molecule has 4 rings (SSSR count). The monoisotopic (exact) mass is 412 g/mol. The van der Waals surface area contributed by atoms with Gasteiger partial charge in [-0.25, -0.2) is 4.68 Å². The van der Waals surface area contributed by atoms with Crippen molar-refractivity contribution in [3.63, 3.8) is 0 Å². The normalized spacial score (nSPS) is 15.6. The molecule has 7 nitrogen and oxygen atoms in total. The van der Waals surface area contributed by atoms with Gasteiger partial charge in [-0.2, -0.15) is 5.10 Å². The van der Waals surface area contributed by atoms with Gasteiger partial charge in [0, 0.05) is 17.1 Å². The maximum Gasteiger partial charge on any atom is 0.269 e. The van der Waals surface area contributed by atoms with Crippen LogP contribution in [0.25, 0.3) is 11.3 Å². The van der Waals surface area contributed by atoms with Crippen LogP contribution in [0.1, 0.15) is 22.2 Å². The van der Waals surface area contributed by atoms with E-state index in [1.54, 1.807) is 25.0 Å². The summed E-state index contributed by atoms with van der Waals surface area (Å²) in [6.07, 6.45) is -0.170. The molecular weight excluding hydrogens is 392 g/mol. The lowest BCUT2D eigenvalue weighted by Gasteiger charge is -2.26. The van der Waals surface area contributed by atoms with Gasteiger partial charge >= 0.3 is 0 Å². The largest absolute Gasteiger partial charge is 0.493 e. The van der Waals surface area contributed by atoms with Gasteiger partial charge in [0.2, 0.25) is 0 Å². The minimum absolute atomic E-state index is 0.137. The third kappa shape index (κ3) is 3.92. The Bertz CT molecular complexity index is 1030. The molecule has 0 fully saturated rings. The summed E-state index contributed by atoms with van der Waals surface area (Å²) in [7, 11) is 3.22. The van der Waals surface area contributed by atoms with Crippen LogP contribution in [0.2, 0.25) is 5.02 Å². The molecule has 2 aromatic carbocycles. The van der Waals surface area contributed by atoms with Crippen molar-refractivity contribution in [1.29, 1.82) is 0 Å². The number of nitrogens with zero attached hydrogens (tertiary/aromatic N) is 2. The third-order valence-electron chi connectivity index (χ3n) is 4.85. The molecule has 0 bridgehead atoms. The highest BCUT2D eigenvalue weighted by molar-refractivity contribution is 6.30. The number of amides is 1. The molecule has 150 valence electrons. The molecule has 3 aromatic rings. The molecule has 29 heavy (non-hydrogen) atoms. The molecular formula is C21H21ClN4O3. The second-order valence-electron chi connectivity index (χ2n) is 6.66. The van der Waals surface area contributed by atoms with Crippen LogP contribution >= 0.6 is 11.6 Å². The molecule has 1 aliphatic heterocycles. The van der Waals surface area contributed by atoms with E-state index in [9.17, 15) is 4.79 Å². The zero-order chi connectivity index (χ0) is 20.4. The summed E-state index contributed by atoms with van der Waals surface area (Å²) in [4.78, 5) is 12.3. The molecule has 0 radical (unpaired) electrons. The number of hydrogen-bond acceptors (Lipinski definition) is 5. The van der Waals surface area contributed by atoms with Crippen LogP contribution in [0.3, 0.4) is 0 Å². The Morgan fingerprint density at radius 3 is 2.62 bits per heavy atom. The Balaban J connectivity index is 1.55. The van der Waals surface area contributed by atoms with Crippen LogP contribution in [0, 0.1) is 0 Å². The summed E-state index contributed by atoms with van der Waals surface area (Å²) in [5.41, 5.74) is 3.19. The minimum Gasteiger partial charge on any atom is -0.493 e. The van der Waals surface area contributed by atoms with E-state index in [1.165, 1.54) is 0 Å². The summed E-state index contributed by atoms with van der Waals surface area (Å²) < 4.78 is 12.4. The van der Waals surface area contributed by atoms with Gasteiger partial charge in [0.15, 0.2) is 11.5 Å². The van der Waals surface area contributed by atoms with E-state index in [0.29, 0.717) is 35.3 Å². The van der Waals surface area contributed by atoms with Crippen molar-refractivity contribution >= 4 is 17.5 Å².